The van der Waals surface area contributed by atoms with Crippen molar-refractivity contribution in [3.8, 4) is 5.75 Å². The van der Waals surface area contributed by atoms with Crippen molar-refractivity contribution in [1.82, 2.24) is 10.2 Å². The fourth-order valence-corrected chi connectivity index (χ4v) is 4.76. The van der Waals surface area contributed by atoms with E-state index >= 15 is 0 Å². The smallest absolute Gasteiger partial charge is 0.242 e. The molecule has 198 valence electrons. The molecule has 2 amide bonds. The molecule has 0 aromatic heterocycles. The Bertz CT molecular complexity index is 1150. The molecule has 2 rings (SSSR count). The Morgan fingerprint density at radius 3 is 2.25 bits per heavy atom. The second kappa shape index (κ2) is 12.5. The molecular weight excluding hydrogens is 502 g/mol. The Labute approximate surface area is 219 Å². The zero-order valence-electron chi connectivity index (χ0n) is 21.7. The summed E-state index contributed by atoms with van der Waals surface area (Å²) in [5, 5.41) is 3.50. The van der Waals surface area contributed by atoms with Gasteiger partial charge in [-0.2, -0.15) is 0 Å². The third-order valence-corrected chi connectivity index (χ3v) is 6.87. The lowest BCUT2D eigenvalue weighted by molar-refractivity contribution is -0.141. The summed E-state index contributed by atoms with van der Waals surface area (Å²) < 4.78 is 31.6. The summed E-state index contributed by atoms with van der Waals surface area (Å²) in [4.78, 5) is 27.7. The highest BCUT2D eigenvalue weighted by Crippen LogP contribution is 2.29. The number of benzene rings is 2. The van der Waals surface area contributed by atoms with Crippen LogP contribution in [-0.2, 0) is 26.2 Å². The molecule has 0 spiro atoms. The van der Waals surface area contributed by atoms with Gasteiger partial charge in [-0.1, -0.05) is 35.9 Å². The predicted molar refractivity (Wildman–Crippen MR) is 144 cm³/mol. The van der Waals surface area contributed by atoms with E-state index in [0.717, 1.165) is 11.8 Å². The van der Waals surface area contributed by atoms with E-state index in [1.165, 1.54) is 16.3 Å². The molecule has 0 aliphatic carbocycles. The number of ether oxygens (including phenoxy) is 1. The summed E-state index contributed by atoms with van der Waals surface area (Å²) in [5.74, 6) is -0.0994. The average Bonchev–Trinajstić information content (AvgIpc) is 2.79. The fourth-order valence-electron chi connectivity index (χ4n) is 3.66. The van der Waals surface area contributed by atoms with Gasteiger partial charge in [-0.05, 0) is 63.9 Å². The number of nitrogens with one attached hydrogen (secondary N) is 1. The standard InChI is InChI=1S/C26H36ClN3O5S/c1-19(25(32)28-26(2,3)4)29(18-20-13-15-21(27)16-14-20)24(31)12-9-17-30(36(6,33)34)22-10-7-8-11-23(22)35-5/h7-8,10-11,13-16,19H,9,12,17-18H2,1-6H3,(H,28,32)/t19-/m1/s1. The third-order valence-electron chi connectivity index (χ3n) is 5.44. The minimum atomic E-state index is -3.62. The predicted octanol–water partition coefficient (Wildman–Crippen LogP) is 4.23. The third kappa shape index (κ3) is 8.71. The van der Waals surface area contributed by atoms with Crippen LogP contribution in [-0.4, -0.2) is 56.6 Å². The summed E-state index contributed by atoms with van der Waals surface area (Å²) in [6.07, 6.45) is 1.43. The minimum Gasteiger partial charge on any atom is -0.495 e. The number of sulfonamides is 1. The number of para-hydroxylation sites is 2. The minimum absolute atomic E-state index is 0.0574. The molecule has 0 fully saturated rings. The highest BCUT2D eigenvalue weighted by atomic mass is 35.5. The highest BCUT2D eigenvalue weighted by molar-refractivity contribution is 7.92. The average molecular weight is 538 g/mol. The molecule has 10 heteroatoms. The van der Waals surface area contributed by atoms with Crippen LogP contribution in [0.15, 0.2) is 48.5 Å². The summed E-state index contributed by atoms with van der Waals surface area (Å²) in [7, 11) is -2.15. The first-order valence-electron chi connectivity index (χ1n) is 11.7. The molecule has 1 N–H and O–H groups in total. The number of anilines is 1. The van der Waals surface area contributed by atoms with Crippen LogP contribution in [0.1, 0.15) is 46.1 Å². The van der Waals surface area contributed by atoms with Crippen molar-refractivity contribution in [2.24, 2.45) is 0 Å². The summed E-state index contributed by atoms with van der Waals surface area (Å²) in [5.41, 5.74) is 0.784. The Hall–Kier alpha value is -2.78. The Morgan fingerprint density at radius 2 is 1.69 bits per heavy atom. The van der Waals surface area contributed by atoms with Gasteiger partial charge in [-0.3, -0.25) is 13.9 Å². The molecule has 36 heavy (non-hydrogen) atoms. The number of rotatable bonds is 11. The number of hydrogen-bond donors (Lipinski definition) is 1. The largest absolute Gasteiger partial charge is 0.495 e. The van der Waals surface area contributed by atoms with Crippen molar-refractivity contribution >= 4 is 39.1 Å². The molecule has 0 saturated heterocycles. The zero-order valence-corrected chi connectivity index (χ0v) is 23.3. The van der Waals surface area contributed by atoms with Gasteiger partial charge in [-0.15, -0.1) is 0 Å². The van der Waals surface area contributed by atoms with Crippen molar-refractivity contribution in [3.63, 3.8) is 0 Å². The SMILES string of the molecule is COc1ccccc1N(CCCC(=O)N(Cc1ccc(Cl)cc1)[C@H](C)C(=O)NC(C)(C)C)S(C)(=O)=O. The molecule has 0 aliphatic rings. The van der Waals surface area contributed by atoms with Crippen LogP contribution in [0.4, 0.5) is 5.69 Å². The molecule has 1 atom stereocenters. The van der Waals surface area contributed by atoms with E-state index in [4.69, 9.17) is 16.3 Å². The first-order valence-corrected chi connectivity index (χ1v) is 13.9. The van der Waals surface area contributed by atoms with Gasteiger partial charge in [0.15, 0.2) is 0 Å². The molecule has 0 unspecified atom stereocenters. The van der Waals surface area contributed by atoms with Crippen molar-refractivity contribution in [2.45, 2.75) is 58.7 Å². The number of carbonyl (C=O) groups is 2. The van der Waals surface area contributed by atoms with E-state index in [1.54, 1.807) is 43.3 Å². The van der Waals surface area contributed by atoms with Crippen molar-refractivity contribution in [2.75, 3.05) is 24.2 Å². The number of methoxy groups -OCH3 is 1. The second-order valence-corrected chi connectivity index (χ2v) is 12.0. The van der Waals surface area contributed by atoms with E-state index in [-0.39, 0.29) is 37.7 Å². The Morgan fingerprint density at radius 1 is 1.08 bits per heavy atom. The lowest BCUT2D eigenvalue weighted by atomic mass is 10.1. The molecule has 0 heterocycles. The Kier molecular flexibility index (Phi) is 10.2. The molecule has 2 aromatic rings. The molecule has 0 aliphatic heterocycles. The molecule has 0 saturated carbocycles. The van der Waals surface area contributed by atoms with Gasteiger partial charge in [0.2, 0.25) is 21.8 Å². The fraction of sp³-hybridized carbons (Fsp3) is 0.462. The summed E-state index contributed by atoms with van der Waals surface area (Å²) in [6, 6.07) is 13.2. The van der Waals surface area contributed by atoms with Crippen LogP contribution < -0.4 is 14.4 Å². The number of amides is 2. The van der Waals surface area contributed by atoms with Crippen molar-refractivity contribution in [1.29, 1.82) is 0 Å². The monoisotopic (exact) mass is 537 g/mol. The maximum atomic E-state index is 13.3. The van der Waals surface area contributed by atoms with E-state index in [2.05, 4.69) is 5.32 Å². The lowest BCUT2D eigenvalue weighted by Gasteiger charge is -2.32. The second-order valence-electron chi connectivity index (χ2n) is 9.67. The van der Waals surface area contributed by atoms with Crippen LogP contribution in [0.5, 0.6) is 5.75 Å². The number of carbonyl (C=O) groups excluding carboxylic acids is 2. The molecule has 0 radical (unpaired) electrons. The van der Waals surface area contributed by atoms with Crippen LogP contribution in [0, 0.1) is 0 Å². The topological polar surface area (TPSA) is 96.0 Å². The van der Waals surface area contributed by atoms with Gasteiger partial charge >= 0.3 is 0 Å². The van der Waals surface area contributed by atoms with Crippen LogP contribution in [0.3, 0.4) is 0 Å². The maximum absolute atomic E-state index is 13.3. The van der Waals surface area contributed by atoms with E-state index in [1.807, 2.05) is 32.9 Å². The molecule has 2 aromatic carbocycles. The van der Waals surface area contributed by atoms with Gasteiger partial charge in [-0.25, -0.2) is 8.42 Å². The first kappa shape index (κ1) is 29.5. The number of nitrogens with zero attached hydrogens (tertiary/aromatic N) is 2. The van der Waals surface area contributed by atoms with E-state index in [9.17, 15) is 18.0 Å². The maximum Gasteiger partial charge on any atom is 0.242 e. The van der Waals surface area contributed by atoms with Crippen LogP contribution in [0.25, 0.3) is 0 Å². The normalized spacial score (nSPS) is 12.5. The van der Waals surface area contributed by atoms with Gasteiger partial charge in [0.25, 0.3) is 0 Å². The number of hydrogen-bond acceptors (Lipinski definition) is 5. The van der Waals surface area contributed by atoms with E-state index in [0.29, 0.717) is 16.5 Å². The lowest BCUT2D eigenvalue weighted by Crippen LogP contribution is -2.52. The molecule has 8 nitrogen and oxygen atoms in total. The van der Waals surface area contributed by atoms with Crippen LogP contribution >= 0.6 is 11.6 Å². The molecular formula is C26H36ClN3O5S. The zero-order chi connectivity index (χ0) is 27.1. The first-order chi connectivity index (χ1) is 16.7. The van der Waals surface area contributed by atoms with Crippen molar-refractivity contribution in [3.05, 3.63) is 59.1 Å². The van der Waals surface area contributed by atoms with Crippen LogP contribution in [0.2, 0.25) is 5.02 Å². The van der Waals surface area contributed by atoms with Gasteiger partial charge in [0.05, 0.1) is 19.1 Å². The van der Waals surface area contributed by atoms with Crippen molar-refractivity contribution < 1.29 is 22.7 Å². The highest BCUT2D eigenvalue weighted by Gasteiger charge is 2.29. The quantitative estimate of drug-likeness (QED) is 0.463. The Balaban J connectivity index is 2.21. The van der Waals surface area contributed by atoms with Gasteiger partial charge in [0, 0.05) is 30.1 Å². The summed E-state index contributed by atoms with van der Waals surface area (Å²) >= 11 is 6.00. The summed E-state index contributed by atoms with van der Waals surface area (Å²) in [6.45, 7) is 7.62. The number of halogens is 1. The van der Waals surface area contributed by atoms with E-state index < -0.39 is 21.6 Å². The van der Waals surface area contributed by atoms with Gasteiger partial charge < -0.3 is 15.0 Å². The van der Waals surface area contributed by atoms with Gasteiger partial charge in [0.1, 0.15) is 11.8 Å². The molecule has 0 bridgehead atoms.